The summed E-state index contributed by atoms with van der Waals surface area (Å²) in [6, 6.07) is 11.1. The first-order valence-corrected chi connectivity index (χ1v) is 8.94. The van der Waals surface area contributed by atoms with Gasteiger partial charge in [0.2, 0.25) is 5.91 Å². The highest BCUT2D eigenvalue weighted by Crippen LogP contribution is 2.30. The number of methoxy groups -OCH3 is 2. The van der Waals surface area contributed by atoms with Crippen molar-refractivity contribution in [2.75, 3.05) is 37.5 Å². The summed E-state index contributed by atoms with van der Waals surface area (Å²) in [5, 5.41) is 3.16. The molecule has 0 atom stereocenters. The fourth-order valence-electron chi connectivity index (χ4n) is 3.38. The number of nitrogens with zero attached hydrogens (tertiary/aromatic N) is 1. The Morgan fingerprint density at radius 1 is 1.19 bits per heavy atom. The van der Waals surface area contributed by atoms with E-state index in [9.17, 15) is 9.59 Å². The molecule has 6 nitrogen and oxygen atoms in total. The van der Waals surface area contributed by atoms with E-state index < -0.39 is 0 Å². The van der Waals surface area contributed by atoms with Gasteiger partial charge in [-0.1, -0.05) is 6.07 Å². The van der Waals surface area contributed by atoms with Crippen LogP contribution in [-0.4, -0.2) is 39.2 Å². The molecule has 1 amide bonds. The summed E-state index contributed by atoms with van der Waals surface area (Å²) in [6.45, 7) is 2.68. The molecule has 0 saturated carbocycles. The number of anilines is 2. The standard InChI is InChI=1S/C21H24N2O4/c1-14-17(21(25)27-3)7-4-8-18(14)22-13-20(24)23-11-5-6-15-12-16(26-2)9-10-19(15)23/h4,7-10,12,22H,5-6,11,13H2,1-3H3. The van der Waals surface area contributed by atoms with Crippen molar-refractivity contribution in [3.8, 4) is 5.75 Å². The van der Waals surface area contributed by atoms with Gasteiger partial charge in [-0.15, -0.1) is 0 Å². The minimum absolute atomic E-state index is 0.0102. The number of carbonyl (C=O) groups is 2. The van der Waals surface area contributed by atoms with Gasteiger partial charge in [-0.05, 0) is 61.2 Å². The van der Waals surface area contributed by atoms with Crippen molar-refractivity contribution in [2.24, 2.45) is 0 Å². The smallest absolute Gasteiger partial charge is 0.338 e. The normalized spacial score (nSPS) is 12.9. The maximum atomic E-state index is 12.8. The topological polar surface area (TPSA) is 67.9 Å². The second-order valence-corrected chi connectivity index (χ2v) is 6.47. The average molecular weight is 368 g/mol. The number of ether oxygens (including phenoxy) is 2. The van der Waals surface area contributed by atoms with Gasteiger partial charge in [-0.25, -0.2) is 4.79 Å². The van der Waals surface area contributed by atoms with Crippen LogP contribution in [0.2, 0.25) is 0 Å². The van der Waals surface area contributed by atoms with Crippen LogP contribution in [-0.2, 0) is 16.0 Å². The van der Waals surface area contributed by atoms with E-state index in [2.05, 4.69) is 5.32 Å². The number of esters is 1. The van der Waals surface area contributed by atoms with Gasteiger partial charge in [-0.2, -0.15) is 0 Å². The molecule has 1 N–H and O–H groups in total. The SMILES string of the molecule is COC(=O)c1cccc(NCC(=O)N2CCCc3cc(OC)ccc32)c1C. The van der Waals surface area contributed by atoms with Crippen molar-refractivity contribution < 1.29 is 19.1 Å². The molecule has 0 aliphatic carbocycles. The van der Waals surface area contributed by atoms with Crippen molar-refractivity contribution in [1.29, 1.82) is 0 Å². The Morgan fingerprint density at radius 2 is 2.00 bits per heavy atom. The summed E-state index contributed by atoms with van der Waals surface area (Å²) in [6.07, 6.45) is 1.85. The van der Waals surface area contributed by atoms with Crippen LogP contribution in [0.5, 0.6) is 5.75 Å². The molecular weight excluding hydrogens is 344 g/mol. The van der Waals surface area contributed by atoms with Crippen molar-refractivity contribution in [2.45, 2.75) is 19.8 Å². The van der Waals surface area contributed by atoms with Gasteiger partial charge in [0, 0.05) is 17.9 Å². The van der Waals surface area contributed by atoms with E-state index in [1.165, 1.54) is 7.11 Å². The number of benzene rings is 2. The van der Waals surface area contributed by atoms with Gasteiger partial charge in [0.1, 0.15) is 5.75 Å². The summed E-state index contributed by atoms with van der Waals surface area (Å²) < 4.78 is 10.1. The lowest BCUT2D eigenvalue weighted by molar-refractivity contribution is -0.117. The van der Waals surface area contributed by atoms with E-state index in [1.54, 1.807) is 19.2 Å². The largest absolute Gasteiger partial charge is 0.497 e. The van der Waals surface area contributed by atoms with E-state index in [0.29, 0.717) is 12.1 Å². The van der Waals surface area contributed by atoms with Crippen LogP contribution in [0, 0.1) is 6.92 Å². The van der Waals surface area contributed by atoms with Crippen molar-refractivity contribution in [3.05, 3.63) is 53.1 Å². The second kappa shape index (κ2) is 8.12. The zero-order valence-electron chi connectivity index (χ0n) is 15.9. The third kappa shape index (κ3) is 3.89. The zero-order valence-corrected chi connectivity index (χ0v) is 15.9. The van der Waals surface area contributed by atoms with Crippen LogP contribution in [0.25, 0.3) is 0 Å². The number of hydrogen-bond acceptors (Lipinski definition) is 5. The van der Waals surface area contributed by atoms with Gasteiger partial charge in [0.05, 0.1) is 26.3 Å². The number of amides is 1. The molecule has 0 radical (unpaired) electrons. The lowest BCUT2D eigenvalue weighted by Gasteiger charge is -2.30. The summed E-state index contributed by atoms with van der Waals surface area (Å²) in [5.74, 6) is 0.404. The molecule has 0 bridgehead atoms. The molecule has 6 heteroatoms. The third-order valence-corrected chi connectivity index (χ3v) is 4.88. The molecular formula is C21H24N2O4. The van der Waals surface area contributed by atoms with Gasteiger partial charge in [-0.3, -0.25) is 4.79 Å². The number of fused-ring (bicyclic) bond motifs is 1. The fourth-order valence-corrected chi connectivity index (χ4v) is 3.38. The van der Waals surface area contributed by atoms with Crippen LogP contribution in [0.1, 0.15) is 27.9 Å². The van der Waals surface area contributed by atoms with E-state index in [0.717, 1.165) is 41.1 Å². The monoisotopic (exact) mass is 368 g/mol. The quantitative estimate of drug-likeness (QED) is 0.821. The molecule has 2 aromatic rings. The summed E-state index contributed by atoms with van der Waals surface area (Å²) in [7, 11) is 3.00. The highest BCUT2D eigenvalue weighted by atomic mass is 16.5. The second-order valence-electron chi connectivity index (χ2n) is 6.47. The van der Waals surface area contributed by atoms with E-state index >= 15 is 0 Å². The van der Waals surface area contributed by atoms with Crippen LogP contribution in [0.3, 0.4) is 0 Å². The third-order valence-electron chi connectivity index (χ3n) is 4.88. The maximum absolute atomic E-state index is 12.8. The minimum atomic E-state index is -0.388. The van der Waals surface area contributed by atoms with Crippen LogP contribution >= 0.6 is 0 Å². The molecule has 0 saturated heterocycles. The highest BCUT2D eigenvalue weighted by molar-refractivity contribution is 5.98. The number of hydrogen-bond donors (Lipinski definition) is 1. The predicted octanol–water partition coefficient (Wildman–Crippen LogP) is 3.18. The lowest BCUT2D eigenvalue weighted by atomic mass is 10.0. The number of rotatable bonds is 5. The fraction of sp³-hybridized carbons (Fsp3) is 0.333. The van der Waals surface area contributed by atoms with E-state index in [-0.39, 0.29) is 18.4 Å². The van der Waals surface area contributed by atoms with Gasteiger partial charge in [0.15, 0.2) is 0 Å². The molecule has 1 aliphatic rings. The van der Waals surface area contributed by atoms with Crippen molar-refractivity contribution in [3.63, 3.8) is 0 Å². The predicted molar refractivity (Wildman–Crippen MR) is 105 cm³/mol. The summed E-state index contributed by atoms with van der Waals surface area (Å²) >= 11 is 0. The highest BCUT2D eigenvalue weighted by Gasteiger charge is 2.23. The van der Waals surface area contributed by atoms with Crippen LogP contribution in [0.15, 0.2) is 36.4 Å². The Morgan fingerprint density at radius 3 is 2.74 bits per heavy atom. The average Bonchev–Trinajstić information content (AvgIpc) is 2.71. The molecule has 1 aliphatic heterocycles. The number of carbonyl (C=O) groups excluding carboxylic acids is 2. The van der Waals surface area contributed by atoms with Gasteiger partial charge >= 0.3 is 5.97 Å². The van der Waals surface area contributed by atoms with Crippen molar-refractivity contribution in [1.82, 2.24) is 0 Å². The van der Waals surface area contributed by atoms with Gasteiger partial charge < -0.3 is 19.7 Å². The Balaban J connectivity index is 1.74. The first-order valence-electron chi connectivity index (χ1n) is 8.94. The lowest BCUT2D eigenvalue weighted by Crippen LogP contribution is -2.39. The van der Waals surface area contributed by atoms with Crippen LogP contribution < -0.4 is 15.0 Å². The summed E-state index contributed by atoms with van der Waals surface area (Å²) in [4.78, 5) is 26.5. The Bertz CT molecular complexity index is 863. The minimum Gasteiger partial charge on any atom is -0.497 e. The molecule has 0 aromatic heterocycles. The first-order chi connectivity index (χ1) is 13.0. The molecule has 142 valence electrons. The van der Waals surface area contributed by atoms with Crippen LogP contribution in [0.4, 0.5) is 11.4 Å². The Hall–Kier alpha value is -3.02. The number of aryl methyl sites for hydroxylation is 1. The maximum Gasteiger partial charge on any atom is 0.338 e. The Kier molecular flexibility index (Phi) is 5.64. The molecule has 0 fully saturated rings. The molecule has 0 unspecified atom stereocenters. The van der Waals surface area contributed by atoms with Crippen molar-refractivity contribution >= 4 is 23.3 Å². The van der Waals surface area contributed by atoms with E-state index in [1.807, 2.05) is 36.1 Å². The molecule has 27 heavy (non-hydrogen) atoms. The van der Waals surface area contributed by atoms with Gasteiger partial charge in [0.25, 0.3) is 0 Å². The van der Waals surface area contributed by atoms with E-state index in [4.69, 9.17) is 9.47 Å². The first kappa shape index (κ1) is 18.8. The molecule has 3 rings (SSSR count). The Labute approximate surface area is 159 Å². The zero-order chi connectivity index (χ0) is 19.4. The summed E-state index contributed by atoms with van der Waals surface area (Å²) in [5.41, 5.74) is 4.07. The number of nitrogens with one attached hydrogen (secondary N) is 1. The molecule has 0 spiro atoms. The molecule has 2 aromatic carbocycles. The molecule has 1 heterocycles.